The van der Waals surface area contributed by atoms with Gasteiger partial charge in [-0.15, -0.1) is 0 Å². The molecule has 3 heterocycles. The van der Waals surface area contributed by atoms with Crippen molar-refractivity contribution in [3.63, 3.8) is 0 Å². The summed E-state index contributed by atoms with van der Waals surface area (Å²) in [6, 6.07) is 4.34. The SMILES string of the molecule is CC(N)=O.O=c1[nH]c(CNc2ncnc3nc[nH]c23)nc2cccc(F)c12. The van der Waals surface area contributed by atoms with Gasteiger partial charge in [-0.25, -0.2) is 24.3 Å². The van der Waals surface area contributed by atoms with Crippen molar-refractivity contribution in [3.05, 3.63) is 52.8 Å². The third-order valence-corrected chi connectivity index (χ3v) is 3.38. The van der Waals surface area contributed by atoms with Gasteiger partial charge >= 0.3 is 0 Å². The van der Waals surface area contributed by atoms with Gasteiger partial charge in [0.15, 0.2) is 11.5 Å². The van der Waals surface area contributed by atoms with Gasteiger partial charge in [0.05, 0.1) is 18.4 Å². The molecule has 4 aromatic rings. The molecule has 0 unspecified atom stereocenters. The summed E-state index contributed by atoms with van der Waals surface area (Å²) in [4.78, 5) is 43.1. The highest BCUT2D eigenvalue weighted by Crippen LogP contribution is 2.15. The van der Waals surface area contributed by atoms with E-state index in [1.807, 2.05) is 0 Å². The highest BCUT2D eigenvalue weighted by Gasteiger charge is 2.10. The second-order valence-electron chi connectivity index (χ2n) is 5.43. The number of rotatable bonds is 3. The first-order valence-corrected chi connectivity index (χ1v) is 7.77. The molecule has 0 aliphatic carbocycles. The summed E-state index contributed by atoms with van der Waals surface area (Å²) >= 11 is 0. The lowest BCUT2D eigenvalue weighted by Crippen LogP contribution is -2.16. The first kappa shape index (κ1) is 17.9. The van der Waals surface area contributed by atoms with Crippen LogP contribution in [0.1, 0.15) is 12.7 Å². The van der Waals surface area contributed by atoms with Crippen LogP contribution >= 0.6 is 0 Å². The van der Waals surface area contributed by atoms with E-state index in [9.17, 15) is 14.0 Å². The van der Waals surface area contributed by atoms with Crippen LogP contribution in [0.5, 0.6) is 0 Å². The maximum atomic E-state index is 13.7. The Hall–Kier alpha value is -3.89. The van der Waals surface area contributed by atoms with Gasteiger partial charge in [-0.2, -0.15) is 0 Å². The lowest BCUT2D eigenvalue weighted by atomic mass is 10.2. The Labute approximate surface area is 151 Å². The number of aromatic nitrogens is 6. The van der Waals surface area contributed by atoms with Gasteiger partial charge in [0.1, 0.15) is 28.9 Å². The number of carbonyl (C=O) groups is 1. The second-order valence-corrected chi connectivity index (χ2v) is 5.43. The fourth-order valence-electron chi connectivity index (χ4n) is 2.35. The van der Waals surface area contributed by atoms with E-state index in [0.29, 0.717) is 28.3 Å². The molecule has 0 saturated heterocycles. The summed E-state index contributed by atoms with van der Waals surface area (Å²) in [5.41, 5.74) is 5.45. The molecule has 27 heavy (non-hydrogen) atoms. The molecule has 1 amide bonds. The van der Waals surface area contributed by atoms with Crippen molar-refractivity contribution in [2.75, 3.05) is 5.32 Å². The smallest absolute Gasteiger partial charge is 0.261 e. The molecule has 0 radical (unpaired) electrons. The number of halogens is 1. The van der Waals surface area contributed by atoms with Gasteiger partial charge in [-0.05, 0) is 12.1 Å². The number of imidazole rings is 1. The summed E-state index contributed by atoms with van der Waals surface area (Å²) in [5, 5.41) is 3.00. The van der Waals surface area contributed by atoms with Crippen molar-refractivity contribution in [2.45, 2.75) is 13.5 Å². The molecule has 4 rings (SSSR count). The molecule has 1 aromatic carbocycles. The van der Waals surface area contributed by atoms with E-state index in [0.717, 1.165) is 0 Å². The first-order chi connectivity index (χ1) is 13.0. The Morgan fingerprint density at radius 2 is 2.07 bits per heavy atom. The minimum absolute atomic E-state index is 0.0470. The van der Waals surface area contributed by atoms with Crippen LogP contribution < -0.4 is 16.6 Å². The molecule has 0 fully saturated rings. The third kappa shape index (κ3) is 4.03. The normalized spacial score (nSPS) is 10.4. The van der Waals surface area contributed by atoms with Gasteiger partial charge in [0.25, 0.3) is 5.56 Å². The van der Waals surface area contributed by atoms with Crippen LogP contribution in [0, 0.1) is 5.82 Å². The van der Waals surface area contributed by atoms with Crippen molar-refractivity contribution >= 4 is 33.8 Å². The summed E-state index contributed by atoms with van der Waals surface area (Å²) in [5.74, 6) is -0.0143. The molecular weight excluding hydrogens is 355 g/mol. The molecule has 11 heteroatoms. The summed E-state index contributed by atoms with van der Waals surface area (Å²) in [6.45, 7) is 1.52. The van der Waals surface area contributed by atoms with Gasteiger partial charge in [-0.3, -0.25) is 9.59 Å². The molecule has 5 N–H and O–H groups in total. The molecule has 0 spiro atoms. The topological polar surface area (TPSA) is 155 Å². The van der Waals surface area contributed by atoms with Gasteiger partial charge in [0.2, 0.25) is 5.91 Å². The summed E-state index contributed by atoms with van der Waals surface area (Å²) in [6.07, 6.45) is 2.90. The summed E-state index contributed by atoms with van der Waals surface area (Å²) < 4.78 is 13.7. The number of nitrogens with two attached hydrogens (primary N) is 1. The van der Waals surface area contributed by atoms with Crippen LogP contribution in [0.2, 0.25) is 0 Å². The minimum Gasteiger partial charge on any atom is -0.370 e. The van der Waals surface area contributed by atoms with Crippen LogP contribution in [-0.2, 0) is 11.3 Å². The molecule has 0 aliphatic rings. The second kappa shape index (κ2) is 7.56. The number of nitrogens with zero attached hydrogens (tertiary/aromatic N) is 4. The van der Waals surface area contributed by atoms with Crippen molar-refractivity contribution < 1.29 is 9.18 Å². The number of H-pyrrole nitrogens is 2. The average molecular weight is 370 g/mol. The number of primary amides is 1. The highest BCUT2D eigenvalue weighted by atomic mass is 19.1. The molecule has 3 aromatic heterocycles. The van der Waals surface area contributed by atoms with Crippen LogP contribution in [0.3, 0.4) is 0 Å². The Balaban J connectivity index is 0.000000481. The van der Waals surface area contributed by atoms with Crippen LogP contribution in [-0.4, -0.2) is 35.8 Å². The quantitative estimate of drug-likeness (QED) is 0.416. The number of carbonyl (C=O) groups excluding carboxylic acids is 1. The largest absolute Gasteiger partial charge is 0.370 e. The lowest BCUT2D eigenvalue weighted by Gasteiger charge is -2.06. The number of benzene rings is 1. The van der Waals surface area contributed by atoms with Crippen LogP contribution in [0.4, 0.5) is 10.2 Å². The van der Waals surface area contributed by atoms with E-state index in [1.54, 1.807) is 6.07 Å². The van der Waals surface area contributed by atoms with E-state index in [2.05, 4.69) is 41.0 Å². The lowest BCUT2D eigenvalue weighted by molar-refractivity contribution is -0.115. The molecule has 0 atom stereocenters. The monoisotopic (exact) mass is 370 g/mol. The third-order valence-electron chi connectivity index (χ3n) is 3.38. The highest BCUT2D eigenvalue weighted by molar-refractivity contribution is 5.82. The van der Waals surface area contributed by atoms with Gasteiger partial charge < -0.3 is 21.0 Å². The molecular formula is C16H15FN8O2. The van der Waals surface area contributed by atoms with E-state index in [-0.39, 0.29) is 17.8 Å². The number of fused-ring (bicyclic) bond motifs is 2. The standard InChI is InChI=1S/C14H10FN7O.C2H5NO/c15-7-2-1-3-8-10(7)14(23)22-9(21-8)4-16-12-11-13(18-5-17-11)20-6-19-12;1-2(3)4/h1-3,5-6H,4H2,(H,21,22,23)(H2,16,17,18,19,20);1H3,(H2,3,4). The Morgan fingerprint density at radius 1 is 1.30 bits per heavy atom. The van der Waals surface area contributed by atoms with Gasteiger partial charge in [-0.1, -0.05) is 6.07 Å². The van der Waals surface area contributed by atoms with E-state index >= 15 is 0 Å². The van der Waals surface area contributed by atoms with Crippen molar-refractivity contribution in [1.29, 1.82) is 0 Å². The zero-order chi connectivity index (χ0) is 19.4. The zero-order valence-corrected chi connectivity index (χ0v) is 14.2. The van der Waals surface area contributed by atoms with Crippen LogP contribution in [0.25, 0.3) is 22.1 Å². The number of amides is 1. The number of aromatic amines is 2. The van der Waals surface area contributed by atoms with E-state index in [4.69, 9.17) is 0 Å². The molecule has 0 bridgehead atoms. The first-order valence-electron chi connectivity index (χ1n) is 7.77. The fraction of sp³-hybridized carbons (Fsp3) is 0.125. The zero-order valence-electron chi connectivity index (χ0n) is 14.2. The fourth-order valence-corrected chi connectivity index (χ4v) is 2.35. The Bertz CT molecular complexity index is 1170. The Kier molecular flexibility index (Phi) is 5.01. The molecule has 10 nitrogen and oxygen atoms in total. The number of nitrogens with one attached hydrogen (secondary N) is 3. The van der Waals surface area contributed by atoms with Gasteiger partial charge in [0, 0.05) is 6.92 Å². The number of hydrogen-bond acceptors (Lipinski definition) is 7. The average Bonchev–Trinajstić information content (AvgIpc) is 3.08. The van der Waals surface area contributed by atoms with Crippen molar-refractivity contribution in [3.8, 4) is 0 Å². The number of hydrogen-bond donors (Lipinski definition) is 4. The molecule has 0 saturated carbocycles. The van der Waals surface area contributed by atoms with Crippen molar-refractivity contribution in [2.24, 2.45) is 5.73 Å². The Morgan fingerprint density at radius 3 is 2.85 bits per heavy atom. The van der Waals surface area contributed by atoms with E-state index < -0.39 is 11.4 Å². The van der Waals surface area contributed by atoms with Crippen LogP contribution in [0.15, 0.2) is 35.6 Å². The van der Waals surface area contributed by atoms with Crippen molar-refractivity contribution in [1.82, 2.24) is 29.9 Å². The maximum absolute atomic E-state index is 13.7. The predicted molar refractivity (Wildman–Crippen MR) is 96.2 cm³/mol. The number of anilines is 1. The minimum atomic E-state index is -0.592. The molecule has 138 valence electrons. The maximum Gasteiger partial charge on any atom is 0.261 e. The predicted octanol–water partition coefficient (Wildman–Crippen LogP) is 0.832. The van der Waals surface area contributed by atoms with E-state index in [1.165, 1.54) is 31.7 Å². The summed E-state index contributed by atoms with van der Waals surface area (Å²) in [7, 11) is 0. The molecule has 0 aliphatic heterocycles.